The third-order valence-electron chi connectivity index (χ3n) is 6.08. The van der Waals surface area contributed by atoms with Crippen LogP contribution in [0.2, 0.25) is 0 Å². The molecule has 6 rings (SSSR count). The normalized spacial score (nSPS) is 15.4. The van der Waals surface area contributed by atoms with Crippen molar-refractivity contribution in [2.75, 3.05) is 0 Å². The summed E-state index contributed by atoms with van der Waals surface area (Å²) in [6, 6.07) is 12.2. The smallest absolute Gasteiger partial charge is 0.437 e. The van der Waals surface area contributed by atoms with E-state index in [2.05, 4.69) is 14.8 Å². The summed E-state index contributed by atoms with van der Waals surface area (Å²) >= 11 is 0. The van der Waals surface area contributed by atoms with Crippen LogP contribution in [0, 0.1) is 0 Å². The van der Waals surface area contributed by atoms with E-state index in [9.17, 15) is 18.0 Å². The minimum absolute atomic E-state index is 0.186. The summed E-state index contributed by atoms with van der Waals surface area (Å²) in [5, 5.41) is 5.10. The first-order chi connectivity index (χ1) is 17.5. The van der Waals surface area contributed by atoms with Gasteiger partial charge in [0.25, 0.3) is 0 Å². The highest BCUT2D eigenvalue weighted by Gasteiger charge is 2.38. The summed E-state index contributed by atoms with van der Waals surface area (Å²) in [5.41, 5.74) is 0.856. The molecule has 0 saturated heterocycles. The molecule has 1 atom stereocenters. The summed E-state index contributed by atoms with van der Waals surface area (Å²) < 4.78 is 55.6. The second-order valence-corrected chi connectivity index (χ2v) is 9.70. The van der Waals surface area contributed by atoms with E-state index in [1.807, 2.05) is 20.8 Å². The molecule has 1 unspecified atom stereocenters. The van der Waals surface area contributed by atoms with Crippen molar-refractivity contribution in [1.82, 2.24) is 19.6 Å². The Balaban J connectivity index is 1.63. The summed E-state index contributed by atoms with van der Waals surface area (Å²) in [7, 11) is 0. The molecule has 0 N–H and O–H groups in total. The van der Waals surface area contributed by atoms with Crippen LogP contribution < -0.4 is 15.1 Å². The van der Waals surface area contributed by atoms with E-state index in [-0.39, 0.29) is 28.4 Å². The molecule has 188 valence electrons. The van der Waals surface area contributed by atoms with E-state index in [0.717, 1.165) is 0 Å². The molecule has 0 bridgehead atoms. The quantitative estimate of drug-likeness (QED) is 0.277. The molecule has 0 spiro atoms. The standard InChI is InChI=1S/C26H19F3N4O4/c1-25(2,3)24-31-21-19-17(13-8-10-14(11-9-13)37-26(27,28)29)18-20(36-22(19)30-12-33(21)32-24)15-6-4-5-7-16(15)35-23(18)34/h4-12,17H,1-3H3. The zero-order chi connectivity index (χ0) is 26.1. The maximum Gasteiger partial charge on any atom is 0.573 e. The van der Waals surface area contributed by atoms with Crippen molar-refractivity contribution in [1.29, 1.82) is 0 Å². The molecule has 0 saturated carbocycles. The number of hydrogen-bond donors (Lipinski definition) is 0. The molecule has 0 fully saturated rings. The Hall–Kier alpha value is -4.41. The van der Waals surface area contributed by atoms with Gasteiger partial charge in [-0.3, -0.25) is 0 Å². The van der Waals surface area contributed by atoms with E-state index in [1.165, 1.54) is 35.1 Å². The first-order valence-electron chi connectivity index (χ1n) is 11.3. The first kappa shape index (κ1) is 23.0. The summed E-state index contributed by atoms with van der Waals surface area (Å²) in [6.07, 6.45) is -3.35. The van der Waals surface area contributed by atoms with Gasteiger partial charge in [0.2, 0.25) is 5.88 Å². The fourth-order valence-electron chi connectivity index (χ4n) is 4.44. The molecule has 1 aliphatic rings. The van der Waals surface area contributed by atoms with E-state index < -0.39 is 17.9 Å². The Morgan fingerprint density at radius 3 is 2.43 bits per heavy atom. The van der Waals surface area contributed by atoms with Crippen LogP contribution in [0.15, 0.2) is 64.1 Å². The van der Waals surface area contributed by atoms with Crippen molar-refractivity contribution in [2.24, 2.45) is 0 Å². The molecule has 0 radical (unpaired) electrons. The SMILES string of the molecule is CC(C)(C)c1nc2c3c(ncn2n1)Oc1c(c(=O)oc2ccccc12)C3c1ccc(OC(F)(F)F)cc1. The number of halogens is 3. The van der Waals surface area contributed by atoms with Gasteiger partial charge in [0.05, 0.1) is 22.4 Å². The van der Waals surface area contributed by atoms with Crippen molar-refractivity contribution >= 4 is 16.6 Å². The molecular weight excluding hydrogens is 489 g/mol. The van der Waals surface area contributed by atoms with Gasteiger partial charge in [-0.25, -0.2) is 19.3 Å². The van der Waals surface area contributed by atoms with Gasteiger partial charge in [-0.05, 0) is 29.8 Å². The predicted molar refractivity (Wildman–Crippen MR) is 126 cm³/mol. The van der Waals surface area contributed by atoms with E-state index in [0.29, 0.717) is 33.6 Å². The Labute approximate surface area is 207 Å². The molecule has 8 nitrogen and oxygen atoms in total. The summed E-state index contributed by atoms with van der Waals surface area (Å²) in [5.74, 6) is -0.167. The average Bonchev–Trinajstić information content (AvgIpc) is 3.28. The van der Waals surface area contributed by atoms with Crippen LogP contribution in [0.1, 0.15) is 49.2 Å². The lowest BCUT2D eigenvalue weighted by atomic mass is 9.84. The Bertz CT molecular complexity index is 1730. The third-order valence-corrected chi connectivity index (χ3v) is 6.08. The van der Waals surface area contributed by atoms with E-state index >= 15 is 0 Å². The monoisotopic (exact) mass is 508 g/mol. The van der Waals surface area contributed by atoms with Crippen molar-refractivity contribution < 1.29 is 27.1 Å². The van der Waals surface area contributed by atoms with Gasteiger partial charge >= 0.3 is 12.0 Å². The lowest BCUT2D eigenvalue weighted by Gasteiger charge is -2.27. The number of aromatic nitrogens is 4. The van der Waals surface area contributed by atoms with Crippen LogP contribution in [0.3, 0.4) is 0 Å². The molecule has 0 amide bonds. The number of alkyl halides is 3. The number of rotatable bonds is 2. The summed E-state index contributed by atoms with van der Waals surface area (Å²) in [4.78, 5) is 22.5. The number of ether oxygens (including phenoxy) is 2. The second kappa shape index (κ2) is 7.79. The molecular formula is C26H19F3N4O4. The highest BCUT2D eigenvalue weighted by Crippen LogP contribution is 2.49. The zero-order valence-corrected chi connectivity index (χ0v) is 19.8. The van der Waals surface area contributed by atoms with Gasteiger partial charge in [0.1, 0.15) is 17.7 Å². The molecule has 0 aliphatic carbocycles. The van der Waals surface area contributed by atoms with Gasteiger partial charge in [-0.1, -0.05) is 45.0 Å². The van der Waals surface area contributed by atoms with Crippen LogP contribution in [0.25, 0.3) is 16.6 Å². The predicted octanol–water partition coefficient (Wildman–Crippen LogP) is 5.71. The van der Waals surface area contributed by atoms with E-state index in [4.69, 9.17) is 14.1 Å². The van der Waals surface area contributed by atoms with Gasteiger partial charge in [0.15, 0.2) is 17.2 Å². The van der Waals surface area contributed by atoms with Crippen LogP contribution >= 0.6 is 0 Å². The molecule has 37 heavy (non-hydrogen) atoms. The molecule has 2 aromatic carbocycles. The van der Waals surface area contributed by atoms with Crippen LogP contribution in [0.4, 0.5) is 13.2 Å². The van der Waals surface area contributed by atoms with Crippen molar-refractivity contribution in [3.05, 3.63) is 87.8 Å². The Morgan fingerprint density at radius 1 is 1.00 bits per heavy atom. The molecule has 3 aromatic heterocycles. The lowest BCUT2D eigenvalue weighted by molar-refractivity contribution is -0.274. The van der Waals surface area contributed by atoms with Crippen LogP contribution in [-0.4, -0.2) is 25.9 Å². The maximum atomic E-state index is 13.3. The zero-order valence-electron chi connectivity index (χ0n) is 19.8. The largest absolute Gasteiger partial charge is 0.573 e. The Morgan fingerprint density at radius 2 is 1.73 bits per heavy atom. The number of nitrogens with zero attached hydrogens (tertiary/aromatic N) is 4. The van der Waals surface area contributed by atoms with Crippen molar-refractivity contribution in [3.63, 3.8) is 0 Å². The highest BCUT2D eigenvalue weighted by molar-refractivity contribution is 5.86. The number of fused-ring (bicyclic) bond motifs is 6. The van der Waals surface area contributed by atoms with Gasteiger partial charge in [-0.2, -0.15) is 0 Å². The van der Waals surface area contributed by atoms with Gasteiger partial charge in [0, 0.05) is 5.41 Å². The average molecular weight is 508 g/mol. The second-order valence-electron chi connectivity index (χ2n) is 9.70. The third kappa shape index (κ3) is 3.87. The Kier molecular flexibility index (Phi) is 4.85. The maximum absolute atomic E-state index is 13.3. The first-order valence-corrected chi connectivity index (χ1v) is 11.3. The fraction of sp³-hybridized carbons (Fsp3) is 0.231. The summed E-state index contributed by atoms with van der Waals surface area (Å²) in [6.45, 7) is 5.89. The molecule has 11 heteroatoms. The van der Waals surface area contributed by atoms with Gasteiger partial charge < -0.3 is 13.9 Å². The number of hydrogen-bond acceptors (Lipinski definition) is 7. The number of para-hydroxylation sites is 1. The molecule has 1 aliphatic heterocycles. The van der Waals surface area contributed by atoms with Crippen LogP contribution in [0.5, 0.6) is 17.4 Å². The number of benzene rings is 2. The van der Waals surface area contributed by atoms with Crippen molar-refractivity contribution in [2.45, 2.75) is 38.5 Å². The lowest BCUT2D eigenvalue weighted by Crippen LogP contribution is -2.22. The minimum Gasteiger partial charge on any atom is -0.437 e. The molecule has 4 heterocycles. The minimum atomic E-state index is -4.83. The fourth-order valence-corrected chi connectivity index (χ4v) is 4.44. The topological polar surface area (TPSA) is 91.8 Å². The van der Waals surface area contributed by atoms with Crippen molar-refractivity contribution in [3.8, 4) is 17.4 Å². The van der Waals surface area contributed by atoms with Crippen LogP contribution in [-0.2, 0) is 5.41 Å². The van der Waals surface area contributed by atoms with E-state index in [1.54, 1.807) is 24.3 Å². The molecule has 5 aromatic rings. The highest BCUT2D eigenvalue weighted by atomic mass is 19.4. The van der Waals surface area contributed by atoms with Gasteiger partial charge in [-0.15, -0.1) is 18.3 Å².